The number of hydrogen-bond donors (Lipinski definition) is 1. The molecule has 4 nitrogen and oxygen atoms in total. The molecule has 0 radical (unpaired) electrons. The van der Waals surface area contributed by atoms with Crippen molar-refractivity contribution >= 4 is 17.6 Å². The first-order valence-corrected chi connectivity index (χ1v) is 5.34. The highest BCUT2D eigenvalue weighted by Gasteiger charge is 2.18. The monoisotopic (exact) mass is 251 g/mol. The normalized spacial score (nSPS) is 10.5. The predicted octanol–water partition coefficient (Wildman–Crippen LogP) is 3.31. The number of carboxylic acid groups (broad SMARTS) is 1. The molecule has 17 heavy (non-hydrogen) atoms. The van der Waals surface area contributed by atoms with Crippen molar-refractivity contribution in [3.63, 3.8) is 0 Å². The van der Waals surface area contributed by atoms with Gasteiger partial charge in [0, 0.05) is 0 Å². The van der Waals surface area contributed by atoms with Crippen LogP contribution in [0.4, 0.5) is 0 Å². The van der Waals surface area contributed by atoms with E-state index in [1.165, 1.54) is 0 Å². The molecule has 0 aliphatic carbocycles. The third kappa shape index (κ3) is 2.03. The third-order valence-corrected chi connectivity index (χ3v) is 2.91. The van der Waals surface area contributed by atoms with Crippen molar-refractivity contribution in [2.75, 3.05) is 0 Å². The first-order valence-electron chi connectivity index (χ1n) is 4.97. The highest BCUT2D eigenvalue weighted by Crippen LogP contribution is 2.30. The number of hydrogen-bond acceptors (Lipinski definition) is 3. The zero-order valence-corrected chi connectivity index (χ0v) is 10.1. The molecule has 1 aromatic heterocycles. The van der Waals surface area contributed by atoms with Crippen molar-refractivity contribution in [3.8, 4) is 11.5 Å². The quantitative estimate of drug-likeness (QED) is 0.889. The van der Waals surface area contributed by atoms with E-state index in [-0.39, 0.29) is 11.7 Å². The summed E-state index contributed by atoms with van der Waals surface area (Å²) in [6.07, 6.45) is 0. The smallest absolute Gasteiger partial charge is 0.373 e. The number of aromatic nitrogens is 1. The summed E-state index contributed by atoms with van der Waals surface area (Å²) in [5.41, 5.74) is 1.82. The number of nitrogens with zero attached hydrogens (tertiary/aromatic N) is 1. The average molecular weight is 252 g/mol. The Morgan fingerprint density at radius 1 is 1.41 bits per heavy atom. The standard InChI is InChI=1S/C12H10ClNO3/c1-6-4-3-5-8(9(6)13)11-14-7(2)10(17-11)12(15)16/h3-5H,1-2H3,(H,15,16). The van der Waals surface area contributed by atoms with E-state index >= 15 is 0 Å². The lowest BCUT2D eigenvalue weighted by Gasteiger charge is -2.01. The van der Waals surface area contributed by atoms with Gasteiger partial charge in [0.2, 0.25) is 11.7 Å². The fourth-order valence-corrected chi connectivity index (χ4v) is 1.73. The number of rotatable bonds is 2. The van der Waals surface area contributed by atoms with E-state index in [1.807, 2.05) is 19.1 Å². The molecule has 2 rings (SSSR count). The maximum atomic E-state index is 10.9. The highest BCUT2D eigenvalue weighted by atomic mass is 35.5. The molecule has 1 aromatic carbocycles. The molecule has 0 aliphatic rings. The Kier molecular flexibility index (Phi) is 2.90. The van der Waals surface area contributed by atoms with Gasteiger partial charge in [-0.25, -0.2) is 9.78 Å². The van der Waals surface area contributed by atoms with E-state index in [1.54, 1.807) is 13.0 Å². The number of oxazole rings is 1. The Hall–Kier alpha value is -1.81. The van der Waals surface area contributed by atoms with E-state index in [0.717, 1.165) is 5.56 Å². The summed E-state index contributed by atoms with van der Waals surface area (Å²) in [5.74, 6) is -1.06. The summed E-state index contributed by atoms with van der Waals surface area (Å²) in [6.45, 7) is 3.44. The van der Waals surface area contributed by atoms with Crippen LogP contribution in [-0.4, -0.2) is 16.1 Å². The van der Waals surface area contributed by atoms with E-state index in [4.69, 9.17) is 21.1 Å². The molecule has 88 valence electrons. The van der Waals surface area contributed by atoms with Gasteiger partial charge < -0.3 is 9.52 Å². The Labute approximate surface area is 103 Å². The van der Waals surface area contributed by atoms with E-state index < -0.39 is 5.97 Å². The molecule has 0 spiro atoms. The molecule has 2 aromatic rings. The number of carbonyl (C=O) groups is 1. The fourth-order valence-electron chi connectivity index (χ4n) is 1.52. The van der Waals surface area contributed by atoms with Crippen LogP contribution in [0.25, 0.3) is 11.5 Å². The average Bonchev–Trinajstić information content (AvgIpc) is 2.64. The Morgan fingerprint density at radius 3 is 2.71 bits per heavy atom. The van der Waals surface area contributed by atoms with E-state index in [0.29, 0.717) is 16.3 Å². The summed E-state index contributed by atoms with van der Waals surface area (Å²) < 4.78 is 5.20. The summed E-state index contributed by atoms with van der Waals surface area (Å²) in [5, 5.41) is 9.40. The number of aryl methyl sites for hydroxylation is 2. The van der Waals surface area contributed by atoms with Crippen LogP contribution in [-0.2, 0) is 0 Å². The van der Waals surface area contributed by atoms with Gasteiger partial charge in [-0.3, -0.25) is 0 Å². The second kappa shape index (κ2) is 4.22. The molecule has 1 heterocycles. The number of benzene rings is 1. The molecule has 0 atom stereocenters. The minimum absolute atomic E-state index is 0.155. The second-order valence-electron chi connectivity index (χ2n) is 3.68. The van der Waals surface area contributed by atoms with Gasteiger partial charge in [-0.05, 0) is 25.5 Å². The number of aromatic carboxylic acids is 1. The Morgan fingerprint density at radius 2 is 2.12 bits per heavy atom. The lowest BCUT2D eigenvalue weighted by molar-refractivity contribution is 0.0662. The van der Waals surface area contributed by atoms with Crippen molar-refractivity contribution in [1.29, 1.82) is 0 Å². The van der Waals surface area contributed by atoms with Gasteiger partial charge >= 0.3 is 5.97 Å². The molecular weight excluding hydrogens is 242 g/mol. The predicted molar refractivity (Wildman–Crippen MR) is 63.4 cm³/mol. The van der Waals surface area contributed by atoms with Crippen LogP contribution in [0.2, 0.25) is 5.02 Å². The lowest BCUT2D eigenvalue weighted by Crippen LogP contribution is -1.95. The Balaban J connectivity index is 2.58. The molecule has 0 bridgehead atoms. The zero-order valence-electron chi connectivity index (χ0n) is 9.32. The Bertz CT molecular complexity index is 589. The summed E-state index contributed by atoms with van der Waals surface area (Å²) >= 11 is 6.12. The second-order valence-corrected chi connectivity index (χ2v) is 4.05. The van der Waals surface area contributed by atoms with Crippen molar-refractivity contribution in [1.82, 2.24) is 4.98 Å². The van der Waals surface area contributed by atoms with Gasteiger partial charge in [0.25, 0.3) is 0 Å². The number of carboxylic acids is 1. The van der Waals surface area contributed by atoms with E-state index in [9.17, 15) is 4.79 Å². The van der Waals surface area contributed by atoms with Crippen LogP contribution in [0.15, 0.2) is 22.6 Å². The topological polar surface area (TPSA) is 63.3 Å². The van der Waals surface area contributed by atoms with Crippen LogP contribution in [0.5, 0.6) is 0 Å². The third-order valence-electron chi connectivity index (χ3n) is 2.41. The van der Waals surface area contributed by atoms with Crippen LogP contribution in [0.1, 0.15) is 21.8 Å². The minimum Gasteiger partial charge on any atom is -0.475 e. The molecular formula is C12H10ClNO3. The van der Waals surface area contributed by atoms with Crippen molar-refractivity contribution in [2.45, 2.75) is 13.8 Å². The summed E-state index contributed by atoms with van der Waals surface area (Å²) in [4.78, 5) is 14.9. The van der Waals surface area contributed by atoms with Gasteiger partial charge in [0.15, 0.2) is 0 Å². The zero-order chi connectivity index (χ0) is 12.6. The van der Waals surface area contributed by atoms with Gasteiger partial charge in [0.05, 0.1) is 16.3 Å². The van der Waals surface area contributed by atoms with E-state index in [2.05, 4.69) is 4.98 Å². The maximum absolute atomic E-state index is 10.9. The van der Waals surface area contributed by atoms with Gasteiger partial charge in [-0.15, -0.1) is 0 Å². The summed E-state index contributed by atoms with van der Waals surface area (Å²) in [6, 6.07) is 5.42. The molecule has 0 amide bonds. The van der Waals surface area contributed by atoms with Crippen LogP contribution < -0.4 is 0 Å². The fraction of sp³-hybridized carbons (Fsp3) is 0.167. The van der Waals surface area contributed by atoms with Gasteiger partial charge in [-0.1, -0.05) is 23.7 Å². The molecule has 0 saturated heterocycles. The van der Waals surface area contributed by atoms with Gasteiger partial charge in [0.1, 0.15) is 0 Å². The molecule has 0 saturated carbocycles. The van der Waals surface area contributed by atoms with Gasteiger partial charge in [-0.2, -0.15) is 0 Å². The molecule has 0 aliphatic heterocycles. The molecule has 0 fully saturated rings. The van der Waals surface area contributed by atoms with Crippen molar-refractivity contribution in [2.24, 2.45) is 0 Å². The van der Waals surface area contributed by atoms with Crippen LogP contribution >= 0.6 is 11.6 Å². The maximum Gasteiger partial charge on any atom is 0.373 e. The van der Waals surface area contributed by atoms with Crippen molar-refractivity contribution < 1.29 is 14.3 Å². The first-order chi connectivity index (χ1) is 8.00. The highest BCUT2D eigenvalue weighted by molar-refractivity contribution is 6.33. The molecule has 0 unspecified atom stereocenters. The summed E-state index contributed by atoms with van der Waals surface area (Å²) in [7, 11) is 0. The first kappa shape index (κ1) is 11.7. The molecule has 5 heteroatoms. The lowest BCUT2D eigenvalue weighted by atomic mass is 10.1. The van der Waals surface area contributed by atoms with Crippen LogP contribution in [0, 0.1) is 13.8 Å². The van der Waals surface area contributed by atoms with Crippen molar-refractivity contribution in [3.05, 3.63) is 40.2 Å². The molecule has 1 N–H and O–H groups in total. The number of halogens is 1. The minimum atomic E-state index is -1.13. The SMILES string of the molecule is Cc1cccc(-c2nc(C)c(C(=O)O)o2)c1Cl. The van der Waals surface area contributed by atoms with Crippen LogP contribution in [0.3, 0.4) is 0 Å². The largest absolute Gasteiger partial charge is 0.475 e.